The summed E-state index contributed by atoms with van der Waals surface area (Å²) in [6.45, 7) is 37.8. The summed E-state index contributed by atoms with van der Waals surface area (Å²) in [4.78, 5) is 104. The minimum Gasteiger partial charge on any atom is -0.469 e. The van der Waals surface area contributed by atoms with Crippen molar-refractivity contribution in [2.75, 3.05) is 88.5 Å². The molecule has 0 heterocycles. The van der Waals surface area contributed by atoms with Gasteiger partial charge in [0, 0.05) is 13.1 Å². The fourth-order valence-electron chi connectivity index (χ4n) is 11.3. The Morgan fingerprint density at radius 2 is 0.727 bits per heavy atom. The number of likely N-dealkylation sites (N-methyl/N-ethyl adjacent to an activating group) is 2. The van der Waals surface area contributed by atoms with Crippen LogP contribution in [0.3, 0.4) is 0 Å². The zero-order valence-electron chi connectivity index (χ0n) is 53.5. The third-order valence-corrected chi connectivity index (χ3v) is 16.1. The van der Waals surface area contributed by atoms with E-state index in [9.17, 15) is 24.0 Å². The number of nitrogens with zero attached hydrogens (tertiary/aromatic N) is 2. The van der Waals surface area contributed by atoms with Gasteiger partial charge in [-0.15, -0.1) is 0 Å². The minimum atomic E-state index is -1.38. The van der Waals surface area contributed by atoms with Gasteiger partial charge in [-0.2, -0.15) is 0 Å². The second-order valence-electron chi connectivity index (χ2n) is 28.3. The Balaban J connectivity index is 7.74. The fraction of sp³-hybridized carbons (Fsp3) is 0.885. The van der Waals surface area contributed by atoms with E-state index in [2.05, 4.69) is 0 Å². The summed E-state index contributed by atoms with van der Waals surface area (Å²) in [5, 5.41) is 0. The molecule has 0 amide bonds. The highest BCUT2D eigenvalue weighted by Crippen LogP contribution is 2.52. The Morgan fingerprint density at radius 3 is 1.06 bits per heavy atom. The van der Waals surface area contributed by atoms with Crippen LogP contribution in [0, 0.1) is 72.4 Å². The molecule has 77 heavy (non-hydrogen) atoms. The van der Waals surface area contributed by atoms with Gasteiger partial charge in [0.2, 0.25) is 0 Å². The van der Waals surface area contributed by atoms with E-state index in [1.54, 1.807) is 48.5 Å². The standard InChI is InChI=1S/C61H112N2O14/c1-27-61(39-75-46(64)54(13,14)44(6)7,41-77-52(70)60(20,45(8)9)38-59(19,51(69)74-31-29-63(23)24)35-55(15,32-42(2)3)47(65)71-25)40-76-49(67)56(16,33-43(4)5)36-58(18,48(66)72-26)37-57(17,34-53(10,11)12)50(68)73-30-28-62(21)22/h42-45H,27-41H2,1-26H3. The molecule has 0 aromatic heterocycles. The van der Waals surface area contributed by atoms with Gasteiger partial charge in [-0.05, 0) is 164 Å². The molecular weight excluding hydrogens is 985 g/mol. The molecule has 0 radical (unpaired) electrons. The monoisotopic (exact) mass is 1100 g/mol. The zero-order valence-corrected chi connectivity index (χ0v) is 53.5. The molecule has 16 nitrogen and oxygen atoms in total. The van der Waals surface area contributed by atoms with Crippen LogP contribution in [0.4, 0.5) is 0 Å². The molecule has 0 aromatic rings. The fourth-order valence-corrected chi connectivity index (χ4v) is 11.3. The molecular formula is C61H112N2O14. The summed E-state index contributed by atoms with van der Waals surface area (Å²) in [5.41, 5.74) is -10.2. The van der Waals surface area contributed by atoms with Crippen LogP contribution in [0.15, 0.2) is 0 Å². The van der Waals surface area contributed by atoms with E-state index in [0.717, 1.165) is 0 Å². The summed E-state index contributed by atoms with van der Waals surface area (Å²) in [7, 11) is 10.1. The molecule has 0 N–H and O–H groups in total. The number of hydrogen-bond donors (Lipinski definition) is 0. The molecule has 0 aromatic carbocycles. The Hall–Kier alpha value is -3.79. The molecule has 0 aliphatic carbocycles. The van der Waals surface area contributed by atoms with Gasteiger partial charge in [0.25, 0.3) is 0 Å². The van der Waals surface area contributed by atoms with Gasteiger partial charge in [-0.1, -0.05) is 83.1 Å². The highest BCUT2D eigenvalue weighted by molar-refractivity contribution is 5.84. The van der Waals surface area contributed by atoms with E-state index in [1.165, 1.54) is 14.2 Å². The first-order valence-electron chi connectivity index (χ1n) is 28.2. The van der Waals surface area contributed by atoms with E-state index >= 15 is 9.59 Å². The van der Waals surface area contributed by atoms with E-state index in [4.69, 9.17) is 33.2 Å². The number of rotatable bonds is 35. The number of ether oxygens (including phenoxy) is 7. The highest BCUT2D eigenvalue weighted by atomic mass is 16.6. The maximum absolute atomic E-state index is 15.1. The van der Waals surface area contributed by atoms with Gasteiger partial charge in [0.1, 0.15) is 33.0 Å². The molecule has 7 unspecified atom stereocenters. The van der Waals surface area contributed by atoms with Crippen LogP contribution in [0.5, 0.6) is 0 Å². The molecule has 0 spiro atoms. The average Bonchev–Trinajstić information content (AvgIpc) is 3.28. The quantitative estimate of drug-likeness (QED) is 0.0430. The Bertz CT molecular complexity index is 1940. The summed E-state index contributed by atoms with van der Waals surface area (Å²) in [6.07, 6.45) is 1.26. The molecule has 0 rings (SSSR count). The molecule has 450 valence electrons. The van der Waals surface area contributed by atoms with E-state index in [0.29, 0.717) is 32.4 Å². The van der Waals surface area contributed by atoms with Crippen LogP contribution in [-0.2, 0) is 66.7 Å². The van der Waals surface area contributed by atoms with Crippen LogP contribution >= 0.6 is 0 Å². The number of methoxy groups -OCH3 is 2. The topological polar surface area (TPSA) is 191 Å². The first kappa shape index (κ1) is 73.2. The number of hydrogen-bond acceptors (Lipinski definition) is 16. The predicted octanol–water partition coefficient (Wildman–Crippen LogP) is 11.0. The maximum Gasteiger partial charge on any atom is 0.312 e. The largest absolute Gasteiger partial charge is 0.469 e. The van der Waals surface area contributed by atoms with Crippen molar-refractivity contribution in [3.8, 4) is 0 Å². The van der Waals surface area contributed by atoms with E-state index in [-0.39, 0.29) is 88.3 Å². The van der Waals surface area contributed by atoms with E-state index in [1.807, 2.05) is 128 Å². The second-order valence-corrected chi connectivity index (χ2v) is 28.3. The lowest BCUT2D eigenvalue weighted by molar-refractivity contribution is -0.179. The lowest BCUT2D eigenvalue weighted by Crippen LogP contribution is -2.49. The van der Waals surface area contributed by atoms with Gasteiger partial charge < -0.3 is 43.0 Å². The smallest absolute Gasteiger partial charge is 0.312 e. The first-order chi connectivity index (χ1) is 34.8. The van der Waals surface area contributed by atoms with Crippen LogP contribution < -0.4 is 0 Å². The lowest BCUT2D eigenvalue weighted by atomic mass is 9.61. The maximum atomic E-state index is 15.1. The van der Waals surface area contributed by atoms with Crippen molar-refractivity contribution in [2.45, 2.75) is 190 Å². The highest BCUT2D eigenvalue weighted by Gasteiger charge is 2.55. The van der Waals surface area contributed by atoms with Gasteiger partial charge in [-0.25, -0.2) is 0 Å². The zero-order chi connectivity index (χ0) is 60.6. The lowest BCUT2D eigenvalue weighted by Gasteiger charge is -2.43. The molecule has 0 bridgehead atoms. The Morgan fingerprint density at radius 1 is 0.403 bits per heavy atom. The van der Waals surface area contributed by atoms with Crippen molar-refractivity contribution in [3.05, 3.63) is 0 Å². The van der Waals surface area contributed by atoms with Crippen molar-refractivity contribution in [3.63, 3.8) is 0 Å². The van der Waals surface area contributed by atoms with Gasteiger partial charge in [0.05, 0.1) is 57.5 Å². The van der Waals surface area contributed by atoms with Gasteiger partial charge in [0.15, 0.2) is 0 Å². The second kappa shape index (κ2) is 29.6. The third-order valence-electron chi connectivity index (χ3n) is 16.1. The minimum absolute atomic E-state index is 0.0171. The van der Waals surface area contributed by atoms with Crippen LogP contribution in [0.1, 0.15) is 190 Å². The van der Waals surface area contributed by atoms with Crippen molar-refractivity contribution in [1.82, 2.24) is 9.80 Å². The van der Waals surface area contributed by atoms with Gasteiger partial charge in [-0.3, -0.25) is 33.6 Å². The van der Waals surface area contributed by atoms with E-state index < -0.39 is 91.0 Å². The molecule has 0 aliphatic rings. The average molecular weight is 1100 g/mol. The van der Waals surface area contributed by atoms with Crippen LogP contribution in [0.2, 0.25) is 0 Å². The third kappa shape index (κ3) is 22.0. The summed E-state index contributed by atoms with van der Waals surface area (Å²) in [5.74, 6) is -4.29. The molecule has 0 saturated carbocycles. The summed E-state index contributed by atoms with van der Waals surface area (Å²) >= 11 is 0. The Kier molecular flexibility index (Phi) is 28.1. The summed E-state index contributed by atoms with van der Waals surface area (Å²) < 4.78 is 41.5. The van der Waals surface area contributed by atoms with Crippen molar-refractivity contribution < 1.29 is 66.7 Å². The van der Waals surface area contributed by atoms with Crippen molar-refractivity contribution in [2.24, 2.45) is 72.4 Å². The van der Waals surface area contributed by atoms with Crippen LogP contribution in [0.25, 0.3) is 0 Å². The van der Waals surface area contributed by atoms with Gasteiger partial charge >= 0.3 is 41.8 Å². The predicted molar refractivity (Wildman–Crippen MR) is 302 cm³/mol. The molecule has 7 atom stereocenters. The summed E-state index contributed by atoms with van der Waals surface area (Å²) in [6, 6.07) is 0. The molecule has 0 aliphatic heterocycles. The SMILES string of the molecule is CCC(COC(=O)C(C)(CC(C)C)CC(C)(CC(C)(CC(C)(C)C)C(=O)OCCN(C)C)C(=O)OC)(COC(=O)C(C)(C)C(C)C)COC(=O)C(C)(CC(C)(CC(C)(CC(C)C)C(=O)OC)C(=O)OCCN(C)C)C(C)C. The molecule has 16 heteroatoms. The number of esters is 7. The number of carbonyl (C=O) groups is 7. The first-order valence-corrected chi connectivity index (χ1v) is 28.2. The number of carbonyl (C=O) groups excluding carboxylic acids is 7. The van der Waals surface area contributed by atoms with Crippen LogP contribution in [-0.4, -0.2) is 140 Å². The van der Waals surface area contributed by atoms with Crippen molar-refractivity contribution in [1.29, 1.82) is 0 Å². The molecule has 0 fully saturated rings. The molecule has 0 saturated heterocycles. The Labute approximate surface area is 467 Å². The van der Waals surface area contributed by atoms with Crippen molar-refractivity contribution >= 4 is 41.8 Å². The normalized spacial score (nSPS) is 18.0.